The Labute approximate surface area is 103 Å². The number of nitrogens with one attached hydrogen (secondary N) is 1. The van der Waals surface area contributed by atoms with Crippen molar-refractivity contribution in [1.29, 1.82) is 0 Å². The minimum atomic E-state index is 0.519. The van der Waals surface area contributed by atoms with Gasteiger partial charge < -0.3 is 5.32 Å². The SMILES string of the molecule is CC(Nc1ccc2ccccc2c1)C1(C)CC1. The normalized spacial score (nSPS) is 18.9. The van der Waals surface area contributed by atoms with Crippen LogP contribution in [0.25, 0.3) is 10.8 Å². The van der Waals surface area contributed by atoms with Crippen LogP contribution in [0, 0.1) is 5.41 Å². The van der Waals surface area contributed by atoms with E-state index < -0.39 is 0 Å². The summed E-state index contributed by atoms with van der Waals surface area (Å²) in [5.41, 5.74) is 1.76. The van der Waals surface area contributed by atoms with Crippen LogP contribution in [0.4, 0.5) is 5.69 Å². The second-order valence-corrected chi connectivity index (χ2v) is 5.58. The van der Waals surface area contributed by atoms with Gasteiger partial charge in [-0.25, -0.2) is 0 Å². The van der Waals surface area contributed by atoms with Crippen molar-refractivity contribution in [2.45, 2.75) is 32.7 Å². The molecule has 1 fully saturated rings. The first-order chi connectivity index (χ1) is 8.17. The van der Waals surface area contributed by atoms with E-state index in [0.717, 1.165) is 0 Å². The van der Waals surface area contributed by atoms with Crippen LogP contribution in [-0.4, -0.2) is 6.04 Å². The van der Waals surface area contributed by atoms with E-state index in [9.17, 15) is 0 Å². The maximum absolute atomic E-state index is 3.64. The minimum absolute atomic E-state index is 0.519. The number of anilines is 1. The summed E-state index contributed by atoms with van der Waals surface area (Å²) in [4.78, 5) is 0. The maximum Gasteiger partial charge on any atom is 0.0348 e. The van der Waals surface area contributed by atoms with E-state index in [1.807, 2.05) is 0 Å². The number of benzene rings is 2. The Morgan fingerprint density at radius 1 is 1.06 bits per heavy atom. The third-order valence-corrected chi connectivity index (χ3v) is 4.22. The molecule has 0 saturated heterocycles. The molecule has 0 aliphatic heterocycles. The zero-order chi connectivity index (χ0) is 11.9. The van der Waals surface area contributed by atoms with Crippen molar-refractivity contribution in [3.63, 3.8) is 0 Å². The summed E-state index contributed by atoms with van der Waals surface area (Å²) in [5.74, 6) is 0. The summed E-state index contributed by atoms with van der Waals surface area (Å²) in [7, 11) is 0. The molecule has 0 radical (unpaired) electrons. The van der Waals surface area contributed by atoms with Gasteiger partial charge in [-0.1, -0.05) is 37.3 Å². The van der Waals surface area contributed by atoms with E-state index in [2.05, 4.69) is 61.6 Å². The monoisotopic (exact) mass is 225 g/mol. The smallest absolute Gasteiger partial charge is 0.0348 e. The van der Waals surface area contributed by atoms with Crippen LogP contribution in [0.15, 0.2) is 42.5 Å². The predicted octanol–water partition coefficient (Wildman–Crippen LogP) is 4.44. The van der Waals surface area contributed by atoms with Crippen LogP contribution < -0.4 is 5.32 Å². The van der Waals surface area contributed by atoms with Crippen LogP contribution >= 0.6 is 0 Å². The Bertz CT molecular complexity index is 540. The molecule has 1 aliphatic carbocycles. The number of rotatable bonds is 3. The topological polar surface area (TPSA) is 12.0 Å². The van der Waals surface area contributed by atoms with E-state index in [1.54, 1.807) is 0 Å². The second kappa shape index (κ2) is 3.76. The Morgan fingerprint density at radius 3 is 2.47 bits per heavy atom. The quantitative estimate of drug-likeness (QED) is 0.814. The fourth-order valence-electron chi connectivity index (χ4n) is 2.33. The Morgan fingerprint density at radius 2 is 1.76 bits per heavy atom. The van der Waals surface area contributed by atoms with Gasteiger partial charge in [0.1, 0.15) is 0 Å². The molecule has 0 aromatic heterocycles. The van der Waals surface area contributed by atoms with Crippen LogP contribution in [0.1, 0.15) is 26.7 Å². The summed E-state index contributed by atoms with van der Waals surface area (Å²) < 4.78 is 0. The lowest BCUT2D eigenvalue weighted by atomic mass is 10.0. The molecule has 0 heterocycles. The van der Waals surface area contributed by atoms with E-state index in [4.69, 9.17) is 0 Å². The van der Waals surface area contributed by atoms with E-state index >= 15 is 0 Å². The lowest BCUT2D eigenvalue weighted by Crippen LogP contribution is -2.24. The molecule has 0 bridgehead atoms. The molecule has 1 unspecified atom stereocenters. The fraction of sp³-hybridized carbons (Fsp3) is 0.375. The molecule has 1 atom stereocenters. The van der Waals surface area contributed by atoms with E-state index in [-0.39, 0.29) is 0 Å². The standard InChI is InChI=1S/C16H19N/c1-12(16(2)9-10-16)17-15-8-7-13-5-3-4-6-14(13)11-15/h3-8,11-12,17H,9-10H2,1-2H3. The first-order valence-corrected chi connectivity index (χ1v) is 6.43. The summed E-state index contributed by atoms with van der Waals surface area (Å²) in [6.45, 7) is 4.66. The molecule has 0 amide bonds. The van der Waals surface area contributed by atoms with Crippen molar-refractivity contribution in [1.82, 2.24) is 0 Å². The van der Waals surface area contributed by atoms with Gasteiger partial charge in [-0.15, -0.1) is 0 Å². The average molecular weight is 225 g/mol. The predicted molar refractivity (Wildman–Crippen MR) is 74.4 cm³/mol. The van der Waals surface area contributed by atoms with Gasteiger partial charge in [-0.2, -0.15) is 0 Å². The highest BCUT2D eigenvalue weighted by Crippen LogP contribution is 2.48. The molecule has 1 aliphatic rings. The van der Waals surface area contributed by atoms with Crippen LogP contribution in [0.5, 0.6) is 0 Å². The molecule has 1 saturated carbocycles. The highest BCUT2D eigenvalue weighted by Gasteiger charge is 2.42. The number of hydrogen-bond acceptors (Lipinski definition) is 1. The van der Waals surface area contributed by atoms with Crippen molar-refractivity contribution in [3.05, 3.63) is 42.5 Å². The minimum Gasteiger partial charge on any atom is -0.382 e. The molecule has 3 rings (SSSR count). The summed E-state index contributed by atoms with van der Waals surface area (Å²) in [5, 5.41) is 6.26. The number of fused-ring (bicyclic) bond motifs is 1. The summed E-state index contributed by atoms with van der Waals surface area (Å²) in [6, 6.07) is 15.7. The van der Waals surface area contributed by atoms with Gasteiger partial charge in [-0.3, -0.25) is 0 Å². The molecule has 2 aromatic carbocycles. The largest absolute Gasteiger partial charge is 0.382 e. The third kappa shape index (κ3) is 2.02. The molecule has 1 heteroatoms. The van der Waals surface area contributed by atoms with Crippen molar-refractivity contribution in [2.24, 2.45) is 5.41 Å². The highest BCUT2D eigenvalue weighted by molar-refractivity contribution is 5.85. The van der Waals surface area contributed by atoms with Gasteiger partial charge in [0, 0.05) is 11.7 Å². The Kier molecular flexibility index (Phi) is 2.36. The Balaban J connectivity index is 1.85. The molecular weight excluding hydrogens is 206 g/mol. The van der Waals surface area contributed by atoms with Crippen molar-refractivity contribution >= 4 is 16.5 Å². The third-order valence-electron chi connectivity index (χ3n) is 4.22. The summed E-state index contributed by atoms with van der Waals surface area (Å²) >= 11 is 0. The van der Waals surface area contributed by atoms with Crippen LogP contribution in [0.2, 0.25) is 0 Å². The molecule has 88 valence electrons. The van der Waals surface area contributed by atoms with Gasteiger partial charge in [0.05, 0.1) is 0 Å². The van der Waals surface area contributed by atoms with Crippen LogP contribution in [0.3, 0.4) is 0 Å². The van der Waals surface area contributed by atoms with Crippen molar-refractivity contribution in [3.8, 4) is 0 Å². The van der Waals surface area contributed by atoms with E-state index in [0.29, 0.717) is 11.5 Å². The second-order valence-electron chi connectivity index (χ2n) is 5.58. The average Bonchev–Trinajstić information content (AvgIpc) is 3.09. The fourth-order valence-corrected chi connectivity index (χ4v) is 2.33. The maximum atomic E-state index is 3.64. The molecule has 2 aromatic rings. The molecule has 0 spiro atoms. The van der Waals surface area contributed by atoms with Gasteiger partial charge >= 0.3 is 0 Å². The molecule has 1 N–H and O–H groups in total. The lowest BCUT2D eigenvalue weighted by Gasteiger charge is -2.21. The molecular formula is C16H19N. The van der Waals surface area contributed by atoms with Gasteiger partial charge in [0.15, 0.2) is 0 Å². The van der Waals surface area contributed by atoms with Crippen molar-refractivity contribution < 1.29 is 0 Å². The summed E-state index contributed by atoms with van der Waals surface area (Å²) in [6.07, 6.45) is 2.71. The lowest BCUT2D eigenvalue weighted by molar-refractivity contribution is 0.493. The van der Waals surface area contributed by atoms with Gasteiger partial charge in [0.25, 0.3) is 0 Å². The first kappa shape index (κ1) is 10.6. The van der Waals surface area contributed by atoms with Crippen LogP contribution in [-0.2, 0) is 0 Å². The molecule has 17 heavy (non-hydrogen) atoms. The zero-order valence-corrected chi connectivity index (χ0v) is 10.5. The van der Waals surface area contributed by atoms with Gasteiger partial charge in [0.2, 0.25) is 0 Å². The van der Waals surface area contributed by atoms with Gasteiger partial charge in [-0.05, 0) is 48.1 Å². The Hall–Kier alpha value is -1.50. The van der Waals surface area contributed by atoms with E-state index in [1.165, 1.54) is 29.3 Å². The number of hydrogen-bond donors (Lipinski definition) is 1. The highest BCUT2D eigenvalue weighted by atomic mass is 14.9. The zero-order valence-electron chi connectivity index (χ0n) is 10.5. The van der Waals surface area contributed by atoms with Crippen molar-refractivity contribution in [2.75, 3.05) is 5.32 Å². The first-order valence-electron chi connectivity index (χ1n) is 6.43. The molecule has 1 nitrogen and oxygen atoms in total.